The summed E-state index contributed by atoms with van der Waals surface area (Å²) in [6.07, 6.45) is 0. The third-order valence-corrected chi connectivity index (χ3v) is 1.14. The molecule has 0 atom stereocenters. The Morgan fingerprint density at radius 1 is 1.07 bits per heavy atom. The first-order valence-corrected chi connectivity index (χ1v) is 4.09. The Kier molecular flexibility index (Phi) is 14.1. The predicted octanol–water partition coefficient (Wildman–Crippen LogP) is -1.29. The molecule has 0 saturated carbocycles. The van der Waals surface area contributed by atoms with Gasteiger partial charge in [0.05, 0.1) is 39.6 Å². The van der Waals surface area contributed by atoms with E-state index in [0.717, 1.165) is 0 Å². The highest BCUT2D eigenvalue weighted by Crippen LogP contribution is 1.79. The average Bonchev–Trinajstić information content (AvgIpc) is 2.09. The zero-order valence-corrected chi connectivity index (χ0v) is 8.83. The standard InChI is InChI=1S/C7H17N3O3.ClH/c8-7(9)10-1-3-12-5-6-13-4-2-11;/h11H,1-6H2,(H4,8,9,10);1H. The first-order valence-electron chi connectivity index (χ1n) is 4.09. The Balaban J connectivity index is 0. The molecule has 0 aromatic heterocycles. The second-order valence-electron chi connectivity index (χ2n) is 2.25. The summed E-state index contributed by atoms with van der Waals surface area (Å²) in [6.45, 7) is 2.27. The van der Waals surface area contributed by atoms with Crippen molar-refractivity contribution in [2.45, 2.75) is 0 Å². The minimum Gasteiger partial charge on any atom is -0.394 e. The van der Waals surface area contributed by atoms with E-state index in [-0.39, 0.29) is 25.0 Å². The minimum absolute atomic E-state index is 0. The molecule has 0 unspecified atom stereocenters. The van der Waals surface area contributed by atoms with Crippen LogP contribution in [-0.4, -0.2) is 50.6 Å². The second-order valence-corrected chi connectivity index (χ2v) is 2.25. The molecule has 0 aliphatic rings. The summed E-state index contributed by atoms with van der Waals surface area (Å²) >= 11 is 0. The molecule has 7 heteroatoms. The molecule has 0 aliphatic carbocycles. The van der Waals surface area contributed by atoms with E-state index in [1.807, 2.05) is 0 Å². The number of rotatable bonds is 8. The van der Waals surface area contributed by atoms with E-state index < -0.39 is 0 Å². The van der Waals surface area contributed by atoms with Crippen molar-refractivity contribution in [1.29, 1.82) is 0 Å². The lowest BCUT2D eigenvalue weighted by Crippen LogP contribution is -2.23. The lowest BCUT2D eigenvalue weighted by molar-refractivity contribution is 0.0355. The van der Waals surface area contributed by atoms with Gasteiger partial charge in [-0.1, -0.05) is 0 Å². The summed E-state index contributed by atoms with van der Waals surface area (Å²) in [5.41, 5.74) is 10.2. The first kappa shape index (κ1) is 15.9. The Bertz CT molecular complexity index is 142. The predicted molar refractivity (Wildman–Crippen MR) is 56.6 cm³/mol. The highest BCUT2D eigenvalue weighted by atomic mass is 35.5. The molecule has 0 aromatic rings. The molecule has 5 N–H and O–H groups in total. The van der Waals surface area contributed by atoms with Gasteiger partial charge in [0.1, 0.15) is 0 Å². The van der Waals surface area contributed by atoms with Crippen molar-refractivity contribution in [2.75, 3.05) is 39.6 Å². The molecular formula is C7H18ClN3O3. The van der Waals surface area contributed by atoms with Gasteiger partial charge < -0.3 is 26.0 Å². The lowest BCUT2D eigenvalue weighted by atomic mass is 10.7. The molecule has 0 fully saturated rings. The van der Waals surface area contributed by atoms with E-state index in [4.69, 9.17) is 26.0 Å². The number of nitrogens with two attached hydrogens (primary N) is 2. The Labute approximate surface area is 89.7 Å². The molecule has 0 amide bonds. The molecule has 86 valence electrons. The van der Waals surface area contributed by atoms with Crippen molar-refractivity contribution in [3.05, 3.63) is 0 Å². The van der Waals surface area contributed by atoms with Crippen LogP contribution < -0.4 is 11.5 Å². The van der Waals surface area contributed by atoms with Crippen molar-refractivity contribution in [2.24, 2.45) is 16.5 Å². The highest BCUT2D eigenvalue weighted by molar-refractivity contribution is 5.85. The topological polar surface area (TPSA) is 103 Å². The molecule has 0 aromatic carbocycles. The maximum Gasteiger partial charge on any atom is 0.185 e. The third-order valence-electron chi connectivity index (χ3n) is 1.14. The van der Waals surface area contributed by atoms with Crippen LogP contribution in [0.2, 0.25) is 0 Å². The van der Waals surface area contributed by atoms with Gasteiger partial charge in [-0.3, -0.25) is 4.99 Å². The minimum atomic E-state index is 0. The van der Waals surface area contributed by atoms with Gasteiger partial charge in [0.2, 0.25) is 0 Å². The molecule has 0 saturated heterocycles. The van der Waals surface area contributed by atoms with Crippen molar-refractivity contribution in [1.82, 2.24) is 0 Å². The molecule has 0 spiro atoms. The average molecular weight is 228 g/mol. The van der Waals surface area contributed by atoms with Crippen LogP contribution >= 0.6 is 12.4 Å². The summed E-state index contributed by atoms with van der Waals surface area (Å²) in [5, 5.41) is 8.36. The fourth-order valence-electron chi connectivity index (χ4n) is 0.626. The van der Waals surface area contributed by atoms with E-state index in [1.165, 1.54) is 0 Å². The molecule has 6 nitrogen and oxygen atoms in total. The second kappa shape index (κ2) is 12.4. The van der Waals surface area contributed by atoms with E-state index in [0.29, 0.717) is 33.0 Å². The summed E-state index contributed by atoms with van der Waals surface area (Å²) < 4.78 is 10.1. The molecule has 0 bridgehead atoms. The zero-order chi connectivity index (χ0) is 9.94. The van der Waals surface area contributed by atoms with E-state index >= 15 is 0 Å². The van der Waals surface area contributed by atoms with Gasteiger partial charge in [-0.05, 0) is 0 Å². The van der Waals surface area contributed by atoms with Crippen molar-refractivity contribution >= 4 is 18.4 Å². The van der Waals surface area contributed by atoms with Crippen LogP contribution in [0, 0.1) is 0 Å². The van der Waals surface area contributed by atoms with Crippen LogP contribution in [0.3, 0.4) is 0 Å². The van der Waals surface area contributed by atoms with Crippen LogP contribution in [0.4, 0.5) is 0 Å². The van der Waals surface area contributed by atoms with Gasteiger partial charge in [0.15, 0.2) is 5.96 Å². The van der Waals surface area contributed by atoms with Crippen molar-refractivity contribution in [3.63, 3.8) is 0 Å². The maximum atomic E-state index is 8.36. The number of aliphatic hydroxyl groups is 1. The van der Waals surface area contributed by atoms with Crippen molar-refractivity contribution in [3.8, 4) is 0 Å². The van der Waals surface area contributed by atoms with Crippen LogP contribution in [0.5, 0.6) is 0 Å². The van der Waals surface area contributed by atoms with Gasteiger partial charge >= 0.3 is 0 Å². The Morgan fingerprint density at radius 3 is 2.14 bits per heavy atom. The zero-order valence-electron chi connectivity index (χ0n) is 8.02. The van der Waals surface area contributed by atoms with Crippen LogP contribution in [-0.2, 0) is 9.47 Å². The molecule has 0 radical (unpaired) electrons. The van der Waals surface area contributed by atoms with Gasteiger partial charge in [-0.25, -0.2) is 0 Å². The summed E-state index contributed by atoms with van der Waals surface area (Å²) in [5.74, 6) is 0.0696. The molecular weight excluding hydrogens is 210 g/mol. The molecule has 0 rings (SSSR count). The summed E-state index contributed by atoms with van der Waals surface area (Å²) in [4.78, 5) is 3.72. The SMILES string of the molecule is Cl.NC(N)=NCCOCCOCCO. The fraction of sp³-hybridized carbons (Fsp3) is 0.857. The van der Waals surface area contributed by atoms with Crippen LogP contribution in [0.15, 0.2) is 4.99 Å². The van der Waals surface area contributed by atoms with Gasteiger partial charge in [0, 0.05) is 0 Å². The number of hydrogen-bond acceptors (Lipinski definition) is 4. The molecule has 14 heavy (non-hydrogen) atoms. The van der Waals surface area contributed by atoms with Crippen LogP contribution in [0.25, 0.3) is 0 Å². The largest absolute Gasteiger partial charge is 0.394 e. The molecule has 0 aliphatic heterocycles. The Hall–Kier alpha value is -0.560. The quantitative estimate of drug-likeness (QED) is 0.272. The van der Waals surface area contributed by atoms with E-state index in [1.54, 1.807) is 0 Å². The first-order chi connectivity index (χ1) is 6.27. The van der Waals surface area contributed by atoms with Crippen molar-refractivity contribution < 1.29 is 14.6 Å². The van der Waals surface area contributed by atoms with E-state index in [2.05, 4.69) is 4.99 Å². The lowest BCUT2D eigenvalue weighted by Gasteiger charge is -2.02. The Morgan fingerprint density at radius 2 is 1.64 bits per heavy atom. The number of aliphatic hydroxyl groups excluding tert-OH is 1. The normalized spacial score (nSPS) is 9.21. The number of hydrogen-bond donors (Lipinski definition) is 3. The summed E-state index contributed by atoms with van der Waals surface area (Å²) in [6, 6.07) is 0. The number of ether oxygens (including phenoxy) is 2. The van der Waals surface area contributed by atoms with Gasteiger partial charge in [-0.15, -0.1) is 12.4 Å². The highest BCUT2D eigenvalue weighted by Gasteiger charge is 1.88. The number of halogens is 1. The third kappa shape index (κ3) is 14.0. The van der Waals surface area contributed by atoms with E-state index in [9.17, 15) is 0 Å². The summed E-state index contributed by atoms with van der Waals surface area (Å²) in [7, 11) is 0. The molecule has 0 heterocycles. The maximum absolute atomic E-state index is 8.36. The number of aliphatic imine (C=N–C) groups is 1. The van der Waals surface area contributed by atoms with Gasteiger partial charge in [0.25, 0.3) is 0 Å². The number of nitrogens with zero attached hydrogens (tertiary/aromatic N) is 1. The smallest absolute Gasteiger partial charge is 0.185 e. The van der Waals surface area contributed by atoms with Crippen LogP contribution in [0.1, 0.15) is 0 Å². The monoisotopic (exact) mass is 227 g/mol. The number of guanidine groups is 1. The van der Waals surface area contributed by atoms with Gasteiger partial charge in [-0.2, -0.15) is 0 Å². The fourth-order valence-corrected chi connectivity index (χ4v) is 0.626.